The summed E-state index contributed by atoms with van der Waals surface area (Å²) in [7, 11) is 3.10. The van der Waals surface area contributed by atoms with E-state index >= 15 is 0 Å². The number of primary amides is 1. The van der Waals surface area contributed by atoms with Gasteiger partial charge in [-0.2, -0.15) is 19.9 Å². The fraction of sp³-hybridized carbons (Fsp3) is 0.495. The number of likely N-dealkylation sites (tertiary alicyclic amines) is 2. The summed E-state index contributed by atoms with van der Waals surface area (Å²) in [5.41, 5.74) is 11.1. The number of benzene rings is 4. The van der Waals surface area contributed by atoms with E-state index in [4.69, 9.17) is 56.9 Å². The largest absolute Gasteiger partial charge is 0.450 e. The number of ether oxygens (including phenoxy) is 1. The first-order valence-corrected chi connectivity index (χ1v) is 38.8. The number of nitrogens with zero attached hydrogens (tertiary/aromatic N) is 14. The molecular weight excluding hydrogens is 1870 g/mol. The molecule has 8 aromatic heterocycles. The van der Waals surface area contributed by atoms with Crippen molar-refractivity contribution in [1.82, 2.24) is 73.3 Å². The second-order valence-corrected chi connectivity index (χ2v) is 30.2. The van der Waals surface area contributed by atoms with Gasteiger partial charge in [0.25, 0.3) is 22.2 Å². The molecule has 4 aromatic carbocycles. The van der Waals surface area contributed by atoms with Gasteiger partial charge >= 0.3 is 6.09 Å². The minimum atomic E-state index is -3.55. The zero-order valence-corrected chi connectivity index (χ0v) is 64.8. The summed E-state index contributed by atoms with van der Waals surface area (Å²) in [5, 5.41) is 18.0. The van der Waals surface area contributed by atoms with Gasteiger partial charge in [-0.15, -0.1) is 0 Å². The van der Waals surface area contributed by atoms with Crippen LogP contribution in [0.15, 0.2) is 170 Å². The molecule has 3 aliphatic heterocycles. The number of nitrogens with two attached hydrogens (primary N) is 1. The van der Waals surface area contributed by atoms with Crippen LogP contribution in [0.1, 0.15) is 268 Å². The lowest BCUT2D eigenvalue weighted by atomic mass is 10.1. The summed E-state index contributed by atoms with van der Waals surface area (Å²) in [5.74, 6) is 1.19. The Balaban J connectivity index is -0.0000000769. The number of amides is 2. The molecule has 140 heavy (non-hydrogen) atoms. The van der Waals surface area contributed by atoms with E-state index in [2.05, 4.69) is 61.1 Å². The summed E-state index contributed by atoms with van der Waals surface area (Å²) >= 11 is 25.0. The predicted molar refractivity (Wildman–Crippen MR) is 633 cm³/mol. The van der Waals surface area contributed by atoms with Crippen LogP contribution in [0.4, 0.5) is 22.6 Å². The smallest absolute Gasteiger partial charge is 0.409 e. The molecule has 12 aromatic rings. The average Bonchev–Trinajstić information content (AvgIpc) is 0.762. The fourth-order valence-corrected chi connectivity index (χ4v) is 14.7. The van der Waals surface area contributed by atoms with Crippen LogP contribution in [-0.2, 0) is 47.6 Å². The Morgan fingerprint density at radius 1 is 0.379 bits per heavy atom. The molecule has 0 atom stereocenters. The number of sulfone groups is 1. The van der Waals surface area contributed by atoms with Gasteiger partial charge in [-0.1, -0.05) is 342 Å². The van der Waals surface area contributed by atoms with E-state index in [1.807, 2.05) is 65.6 Å². The molecule has 3 saturated heterocycles. The van der Waals surface area contributed by atoms with E-state index < -0.39 is 9.84 Å². The molecule has 11 heterocycles. The van der Waals surface area contributed by atoms with E-state index in [0.717, 1.165) is 87.1 Å². The van der Waals surface area contributed by atoms with E-state index in [9.17, 15) is 37.2 Å². The normalized spacial score (nSPS) is 11.3. The lowest BCUT2D eigenvalue weighted by Crippen LogP contribution is -2.43. The van der Waals surface area contributed by atoms with Crippen molar-refractivity contribution in [2.45, 2.75) is 292 Å². The van der Waals surface area contributed by atoms with Crippen molar-refractivity contribution >= 4 is 130 Å². The van der Waals surface area contributed by atoms with Crippen molar-refractivity contribution in [2.24, 2.45) is 33.9 Å². The van der Waals surface area contributed by atoms with Crippen molar-refractivity contribution in [1.29, 1.82) is 0 Å². The number of carbonyl (C=O) groups is 2. The van der Waals surface area contributed by atoms with Gasteiger partial charge in [0.2, 0.25) is 38.7 Å². The molecule has 0 saturated carbocycles. The molecule has 0 spiro atoms. The fourth-order valence-electron chi connectivity index (χ4n) is 13.2. The minimum absolute atomic E-state index is 0. The minimum Gasteiger partial charge on any atom is -0.450 e. The zero-order chi connectivity index (χ0) is 78.1. The summed E-state index contributed by atoms with van der Waals surface area (Å²) in [6.45, 7) is 7.24. The Morgan fingerprint density at radius 3 is 0.871 bits per heavy atom. The number of aromatic nitrogens is 12. The van der Waals surface area contributed by atoms with Crippen LogP contribution in [0.3, 0.4) is 0 Å². The molecule has 6 N–H and O–H groups in total. The highest BCUT2D eigenvalue weighted by molar-refractivity contribution is 7.90. The maximum atomic E-state index is 13.0. The van der Waals surface area contributed by atoms with Crippen molar-refractivity contribution < 1.29 is 22.7 Å². The Bertz CT molecular complexity index is 5860. The topological polar surface area (TPSA) is 349 Å². The highest BCUT2D eigenvalue weighted by Gasteiger charge is 2.27. The molecule has 3 fully saturated rings. The third-order valence-electron chi connectivity index (χ3n) is 19.1. The van der Waals surface area contributed by atoms with Crippen molar-refractivity contribution in [3.63, 3.8) is 0 Å². The monoisotopic (exact) mass is 2070 g/mol. The third kappa shape index (κ3) is 41.0. The van der Waals surface area contributed by atoms with Crippen LogP contribution in [0.5, 0.6) is 0 Å². The van der Waals surface area contributed by atoms with Gasteiger partial charge < -0.3 is 36.6 Å². The number of hydrogen-bond donors (Lipinski definition) is 5. The van der Waals surface area contributed by atoms with Crippen LogP contribution in [0.25, 0.3) is 88.6 Å². The number of nitrogens with one attached hydrogen (secondary N) is 4. The van der Waals surface area contributed by atoms with Crippen molar-refractivity contribution in [3.8, 4) is 44.5 Å². The van der Waals surface area contributed by atoms with Gasteiger partial charge in [0, 0.05) is 190 Å². The van der Waals surface area contributed by atoms with Crippen molar-refractivity contribution in [2.75, 3.05) is 74.6 Å². The number of aryl methyl sites for hydroxylation is 4. The third-order valence-corrected chi connectivity index (χ3v) is 21.3. The number of hydrogen-bond acceptors (Lipinski definition) is 22. The lowest BCUT2D eigenvalue weighted by molar-refractivity contribution is -0.119. The highest BCUT2D eigenvalue weighted by atomic mass is 35.5. The van der Waals surface area contributed by atoms with Gasteiger partial charge in [0.05, 0.1) is 13.2 Å². The Kier molecular flexibility index (Phi) is 97.3. The van der Waals surface area contributed by atoms with Gasteiger partial charge in [-0.25, -0.2) is 33.1 Å². The van der Waals surface area contributed by atoms with Crippen molar-refractivity contribution in [3.05, 3.63) is 208 Å². The van der Waals surface area contributed by atoms with Crippen LogP contribution in [0.2, 0.25) is 20.1 Å². The predicted octanol–water partition coefficient (Wildman–Crippen LogP) is 29.6. The molecule has 2 amide bonds. The molecule has 0 bridgehead atoms. The number of fused-ring (bicyclic) bond motifs is 4. The average molecular weight is 2070 g/mol. The maximum absolute atomic E-state index is 13.0. The number of pyridine rings is 4. The highest BCUT2D eigenvalue weighted by Crippen LogP contribution is 2.32. The SMILES string of the molecule is C.C.C.C.C.C.C.C.C.C.C.C.C.C.C.C.C.C.C.C.C.C.C.C.C.C.C.C.C.C.CCOC(=O)N1CCC(Nc2ncc3cc(-c4ccccc4Cl)c(=O)n(C)c3n2)CC1.Cn1c(=O)c(-c2ccccc2Cl)cc2cnc(NC3CCN(CC(N)=O)CC3)nc21.Cn1c(=O)c(-c2ccccc2Cl)cc2cnc(NC3CCNCC3)nc21.Cn1c(=O)c(-c2ccccc2Cl)cc2cnc(S(C)(=O)=O)nc21. The number of rotatable bonds is 14. The molecule has 15 rings (SSSR count). The van der Waals surface area contributed by atoms with Gasteiger partial charge in [-0.05, 0) is 107 Å². The number of carbonyl (C=O) groups excluding carboxylic acids is 2. The van der Waals surface area contributed by atoms with Crippen LogP contribution >= 0.6 is 46.4 Å². The quantitative estimate of drug-likeness (QED) is 0.0631. The number of anilines is 3. The summed E-state index contributed by atoms with van der Waals surface area (Å²) in [6.07, 6.45) is 12.6. The van der Waals surface area contributed by atoms with Gasteiger partial charge in [0.15, 0.2) is 0 Å². The van der Waals surface area contributed by atoms with E-state index in [1.165, 1.54) is 26.9 Å². The van der Waals surface area contributed by atoms with E-state index in [-0.39, 0.29) is 286 Å². The standard InChI is InChI=1S/C22H24ClN5O3.C21H23ClN6O2.C19H20ClN5O.C15H12ClN3O3S.30CH4/c1-3-31-22(30)28-10-8-15(9-11-28)25-21-24-13-14-12-17(16-6-4-5-7-18(16)23)20(29)27(2)19(14)26-21;1-27-19-13(10-16(20(27)30)15-4-2-3-5-17(15)22)11-24-21(26-19)25-14-6-8-28(9-7-14)12-18(23)29;1-25-17-12(10-15(18(25)26)14-4-2-3-5-16(14)20)11-22-19(24-17)23-13-6-8-21-9-7-13;1-19-13-9(8-17-15(18-13)23(2,21)22)7-11(14(19)20)10-5-3-4-6-12(10)16;;;;;;;;;;;;;;;;;;;;;;;;;;;;;;/h4-7,12-13,15H,3,8-11H2,1-2H3,(H,24,25,26);2-5,10-11,14H,6-9,12H2,1H3,(H2,23,29)(H,24,25,26);2-5,10-11,13,21H,6-9H2,1H3,(H,22,23,24);3-8H,1-2H3;30*1H4. The van der Waals surface area contributed by atoms with Gasteiger partial charge in [0.1, 0.15) is 22.6 Å². The Morgan fingerprint density at radius 2 is 0.621 bits per heavy atom. The first kappa shape index (κ1) is 175. The molecule has 28 nitrogen and oxygen atoms in total. The first-order valence-electron chi connectivity index (χ1n) is 35.4. The summed E-state index contributed by atoms with van der Waals surface area (Å²) in [6, 6.07) is 36.6. The summed E-state index contributed by atoms with van der Waals surface area (Å²) in [4.78, 5) is 113. The van der Waals surface area contributed by atoms with Crippen LogP contribution < -0.4 is 49.2 Å². The molecule has 3 aliphatic rings. The van der Waals surface area contributed by atoms with Crippen LogP contribution in [-0.4, -0.2) is 165 Å². The maximum Gasteiger partial charge on any atom is 0.409 e. The Hall–Kier alpha value is -10.8. The van der Waals surface area contributed by atoms with Gasteiger partial charge in [-0.3, -0.25) is 47.1 Å². The lowest BCUT2D eigenvalue weighted by Gasteiger charge is -2.31. The Labute approximate surface area is 872 Å². The van der Waals surface area contributed by atoms with E-state index in [0.29, 0.717) is 131 Å². The first-order chi connectivity index (χ1) is 52.8. The molecule has 33 heteroatoms. The molecule has 0 aliphatic carbocycles. The molecule has 810 valence electrons. The second kappa shape index (κ2) is 77.9. The zero-order valence-electron chi connectivity index (χ0n) is 60.9. The van der Waals surface area contributed by atoms with Crippen LogP contribution in [0, 0.1) is 0 Å². The summed E-state index contributed by atoms with van der Waals surface area (Å²) < 4.78 is 34.1. The molecule has 0 radical (unpaired) electrons. The number of piperidine rings is 3. The van der Waals surface area contributed by atoms with E-state index in [1.54, 1.807) is 117 Å². The molecule has 0 unspecified atom stereocenters. The number of halogens is 4. The second-order valence-electron chi connectivity index (χ2n) is 26.7. The molecular formula is C107H199Cl4N19O9S.